The molecule has 0 aromatic carbocycles. The lowest BCUT2D eigenvalue weighted by molar-refractivity contribution is -0.172. The van der Waals surface area contributed by atoms with Gasteiger partial charge in [-0.2, -0.15) is 17.6 Å². The van der Waals surface area contributed by atoms with E-state index in [4.69, 9.17) is 0 Å². The van der Waals surface area contributed by atoms with Crippen LogP contribution in [0.3, 0.4) is 0 Å². The molecule has 2 rings (SSSR count). The number of carbonyl (C=O) groups excluding carboxylic acids is 2. The third-order valence-electron chi connectivity index (χ3n) is 3.75. The van der Waals surface area contributed by atoms with Crippen molar-refractivity contribution in [1.82, 2.24) is 9.80 Å². The van der Waals surface area contributed by atoms with Gasteiger partial charge < -0.3 is 14.9 Å². The van der Waals surface area contributed by atoms with Crippen molar-refractivity contribution < 1.29 is 32.3 Å². The third-order valence-corrected chi connectivity index (χ3v) is 3.75. The van der Waals surface area contributed by atoms with Gasteiger partial charge in [0.2, 0.25) is 5.91 Å². The van der Waals surface area contributed by atoms with E-state index in [9.17, 15) is 32.3 Å². The third kappa shape index (κ3) is 3.12. The molecule has 5 nitrogen and oxygen atoms in total. The Hall–Kier alpha value is -1.38. The van der Waals surface area contributed by atoms with Crippen LogP contribution in [-0.4, -0.2) is 70.8 Å². The lowest BCUT2D eigenvalue weighted by Gasteiger charge is -2.24. The van der Waals surface area contributed by atoms with Crippen LogP contribution in [0.1, 0.15) is 19.3 Å². The maximum atomic E-state index is 13.1. The van der Waals surface area contributed by atoms with Crippen LogP contribution in [0, 0.1) is 0 Å². The van der Waals surface area contributed by atoms with Crippen LogP contribution >= 0.6 is 0 Å². The van der Waals surface area contributed by atoms with Crippen molar-refractivity contribution in [1.29, 1.82) is 0 Å². The summed E-state index contributed by atoms with van der Waals surface area (Å²) in [5.41, 5.74) is 0. The average Bonchev–Trinajstić information content (AvgIpc) is 2.49. The molecule has 1 atom stereocenters. The van der Waals surface area contributed by atoms with Gasteiger partial charge in [-0.3, -0.25) is 9.59 Å². The number of aliphatic hydroxyl groups is 1. The van der Waals surface area contributed by atoms with Crippen LogP contribution in [0.25, 0.3) is 0 Å². The molecule has 2 saturated heterocycles. The molecular weight excluding hydrogens is 296 g/mol. The highest BCUT2D eigenvalue weighted by Crippen LogP contribution is 2.40. The Kier molecular flexibility index (Phi) is 4.14. The van der Waals surface area contributed by atoms with Gasteiger partial charge in [-0.05, 0) is 19.3 Å². The lowest BCUT2D eigenvalue weighted by atomic mass is 10.2. The number of hydrogen-bond donors (Lipinski definition) is 1. The van der Waals surface area contributed by atoms with E-state index < -0.39 is 49.4 Å². The summed E-state index contributed by atoms with van der Waals surface area (Å²) in [6.45, 7) is -3.09. The van der Waals surface area contributed by atoms with Crippen LogP contribution in [0.15, 0.2) is 0 Å². The zero-order valence-electron chi connectivity index (χ0n) is 11.2. The molecule has 2 amide bonds. The number of likely N-dealkylation sites (tertiary alicyclic amines) is 2. The molecule has 120 valence electrons. The smallest absolute Gasteiger partial charge is 0.329 e. The number of aliphatic hydroxyl groups excluding tert-OH is 1. The normalized spacial score (nSPS) is 28.6. The molecule has 0 bridgehead atoms. The van der Waals surface area contributed by atoms with Gasteiger partial charge in [-0.25, -0.2) is 0 Å². The highest BCUT2D eigenvalue weighted by atomic mass is 19.3. The molecule has 2 fully saturated rings. The molecule has 2 aliphatic heterocycles. The molecule has 0 aromatic heterocycles. The molecule has 2 heterocycles. The van der Waals surface area contributed by atoms with E-state index in [0.29, 0.717) is 17.7 Å². The van der Waals surface area contributed by atoms with Gasteiger partial charge in [0, 0.05) is 6.54 Å². The number of alkyl halides is 4. The molecule has 21 heavy (non-hydrogen) atoms. The van der Waals surface area contributed by atoms with Gasteiger partial charge in [-0.15, -0.1) is 0 Å². The summed E-state index contributed by atoms with van der Waals surface area (Å²) in [5, 5.41) is 9.52. The summed E-state index contributed by atoms with van der Waals surface area (Å²) >= 11 is 0. The Balaban J connectivity index is 2.00. The van der Waals surface area contributed by atoms with Gasteiger partial charge >= 0.3 is 11.8 Å². The molecule has 1 unspecified atom stereocenters. The molecule has 0 aliphatic carbocycles. The minimum absolute atomic E-state index is 0.197. The van der Waals surface area contributed by atoms with Gasteiger partial charge in [-0.1, -0.05) is 0 Å². The van der Waals surface area contributed by atoms with E-state index >= 15 is 0 Å². The molecular formula is C12H16F4N2O3. The summed E-state index contributed by atoms with van der Waals surface area (Å²) in [7, 11) is 0. The largest absolute Gasteiger partial charge is 0.383 e. The van der Waals surface area contributed by atoms with E-state index in [0.717, 1.165) is 4.90 Å². The molecule has 0 aromatic rings. The Morgan fingerprint density at radius 1 is 1.19 bits per heavy atom. The van der Waals surface area contributed by atoms with E-state index in [-0.39, 0.29) is 13.0 Å². The predicted octanol–water partition coefficient (Wildman–Crippen LogP) is 0.473. The average molecular weight is 312 g/mol. The quantitative estimate of drug-likeness (QED) is 0.754. The molecule has 0 radical (unpaired) electrons. The van der Waals surface area contributed by atoms with Crippen molar-refractivity contribution in [2.75, 3.05) is 26.2 Å². The zero-order chi connectivity index (χ0) is 15.8. The number of rotatable bonds is 2. The first-order valence-corrected chi connectivity index (χ1v) is 6.64. The number of hydrogen-bond acceptors (Lipinski definition) is 3. The fourth-order valence-corrected chi connectivity index (χ4v) is 2.45. The fraction of sp³-hybridized carbons (Fsp3) is 0.833. The van der Waals surface area contributed by atoms with Gasteiger partial charge in [0.1, 0.15) is 6.10 Å². The number of nitrogens with zero attached hydrogens (tertiary/aromatic N) is 2. The summed E-state index contributed by atoms with van der Waals surface area (Å²) in [6.07, 6.45) is 0.185. The topological polar surface area (TPSA) is 60.9 Å². The number of halogens is 4. The maximum absolute atomic E-state index is 13.1. The molecule has 1 N–H and O–H groups in total. The highest BCUT2D eigenvalue weighted by molar-refractivity contribution is 5.87. The lowest BCUT2D eigenvalue weighted by Crippen LogP contribution is -2.45. The van der Waals surface area contributed by atoms with E-state index in [1.807, 2.05) is 0 Å². The molecule has 9 heteroatoms. The minimum atomic E-state index is -4.26. The van der Waals surface area contributed by atoms with Crippen molar-refractivity contribution in [2.24, 2.45) is 0 Å². The van der Waals surface area contributed by atoms with Crippen LogP contribution in [0.2, 0.25) is 0 Å². The standard InChI is InChI=1S/C12H16F4N2O3/c13-11(14)6-18(7-12(11,15)16)9(20)5-17-4-2-1-3-8(19)10(17)21/h8,19H,1-7H2. The Morgan fingerprint density at radius 3 is 2.33 bits per heavy atom. The van der Waals surface area contributed by atoms with Crippen molar-refractivity contribution in [3.8, 4) is 0 Å². The van der Waals surface area contributed by atoms with Crippen molar-refractivity contribution in [3.05, 3.63) is 0 Å². The van der Waals surface area contributed by atoms with Crippen LogP contribution in [0.5, 0.6) is 0 Å². The van der Waals surface area contributed by atoms with E-state index in [2.05, 4.69) is 0 Å². The SMILES string of the molecule is O=C(CN1CCCCC(O)C1=O)N1CC(F)(F)C(F)(F)C1. The highest BCUT2D eigenvalue weighted by Gasteiger charge is 2.63. The van der Waals surface area contributed by atoms with Crippen LogP contribution < -0.4 is 0 Å². The molecule has 0 spiro atoms. The Labute approximate surface area is 118 Å². The maximum Gasteiger partial charge on any atom is 0.329 e. The first kappa shape index (κ1) is 16.0. The number of carbonyl (C=O) groups is 2. The summed E-state index contributed by atoms with van der Waals surface area (Å²) in [4.78, 5) is 25.0. The van der Waals surface area contributed by atoms with E-state index in [1.165, 1.54) is 0 Å². The fourth-order valence-electron chi connectivity index (χ4n) is 2.45. The molecule has 2 aliphatic rings. The summed E-state index contributed by atoms with van der Waals surface area (Å²) < 4.78 is 52.2. The van der Waals surface area contributed by atoms with Crippen molar-refractivity contribution in [2.45, 2.75) is 37.2 Å². The van der Waals surface area contributed by atoms with Gasteiger partial charge in [0.05, 0.1) is 19.6 Å². The van der Waals surface area contributed by atoms with E-state index in [1.54, 1.807) is 0 Å². The number of amides is 2. The minimum Gasteiger partial charge on any atom is -0.383 e. The van der Waals surface area contributed by atoms with Crippen molar-refractivity contribution in [3.63, 3.8) is 0 Å². The summed E-state index contributed by atoms with van der Waals surface area (Å²) in [5.74, 6) is -10.1. The first-order chi connectivity index (χ1) is 9.64. The monoisotopic (exact) mass is 312 g/mol. The molecule has 0 saturated carbocycles. The second-order valence-electron chi connectivity index (χ2n) is 5.43. The second-order valence-corrected chi connectivity index (χ2v) is 5.43. The summed E-state index contributed by atoms with van der Waals surface area (Å²) in [6, 6.07) is 0. The Bertz CT molecular complexity index is 428. The Morgan fingerprint density at radius 2 is 1.76 bits per heavy atom. The van der Waals surface area contributed by atoms with Crippen molar-refractivity contribution >= 4 is 11.8 Å². The zero-order valence-corrected chi connectivity index (χ0v) is 11.2. The first-order valence-electron chi connectivity index (χ1n) is 6.64. The van der Waals surface area contributed by atoms with Crippen LogP contribution in [-0.2, 0) is 9.59 Å². The predicted molar refractivity (Wildman–Crippen MR) is 62.9 cm³/mol. The van der Waals surface area contributed by atoms with Crippen LogP contribution in [0.4, 0.5) is 17.6 Å². The van der Waals surface area contributed by atoms with Gasteiger partial charge in [0.25, 0.3) is 5.91 Å². The second kappa shape index (κ2) is 5.43. The van der Waals surface area contributed by atoms with Gasteiger partial charge in [0.15, 0.2) is 0 Å².